The van der Waals surface area contributed by atoms with Crippen molar-refractivity contribution in [2.24, 2.45) is 0 Å². The topological polar surface area (TPSA) is 46.8 Å². The molecule has 5 rings (SSSR count). The average molecular weight is 431 g/mol. The minimum atomic E-state index is -0.510. The molecule has 1 aliphatic rings. The standard InChI is InChI=1S/C25H23F2N5/c1-31-8-5-22(6-9-31)32-16-20(15-30-32)19-10-18(13-28-14-19)17-4-7-29-25(11-17)23-12-21(26)2-3-24(23)27/h2-4,7,10-16,22H,5-6,8-9H2,1H3. The van der Waals surface area contributed by atoms with Crippen molar-refractivity contribution in [3.8, 4) is 33.5 Å². The summed E-state index contributed by atoms with van der Waals surface area (Å²) in [5, 5.41) is 4.60. The van der Waals surface area contributed by atoms with Gasteiger partial charge in [-0.05, 0) is 74.9 Å². The minimum Gasteiger partial charge on any atom is -0.306 e. The number of pyridine rings is 2. The van der Waals surface area contributed by atoms with Crippen molar-refractivity contribution in [2.45, 2.75) is 18.9 Å². The van der Waals surface area contributed by atoms with Crippen LogP contribution in [-0.2, 0) is 0 Å². The molecule has 4 aromatic rings. The van der Waals surface area contributed by atoms with Crippen LogP contribution in [0.25, 0.3) is 33.5 Å². The van der Waals surface area contributed by atoms with Crippen LogP contribution in [0.4, 0.5) is 8.78 Å². The van der Waals surface area contributed by atoms with Crippen molar-refractivity contribution in [2.75, 3.05) is 20.1 Å². The van der Waals surface area contributed by atoms with Gasteiger partial charge >= 0.3 is 0 Å². The van der Waals surface area contributed by atoms with Gasteiger partial charge in [-0.2, -0.15) is 5.10 Å². The highest BCUT2D eigenvalue weighted by molar-refractivity contribution is 5.74. The monoisotopic (exact) mass is 431 g/mol. The summed E-state index contributed by atoms with van der Waals surface area (Å²) < 4.78 is 29.9. The van der Waals surface area contributed by atoms with E-state index in [-0.39, 0.29) is 5.56 Å². The summed E-state index contributed by atoms with van der Waals surface area (Å²) in [5.74, 6) is -1.01. The Morgan fingerprint density at radius 1 is 0.875 bits per heavy atom. The zero-order valence-corrected chi connectivity index (χ0v) is 17.7. The lowest BCUT2D eigenvalue weighted by Gasteiger charge is -2.28. The number of halogens is 2. The molecule has 4 heterocycles. The minimum absolute atomic E-state index is 0.135. The number of rotatable bonds is 4. The number of benzene rings is 1. The molecular weight excluding hydrogens is 408 g/mol. The van der Waals surface area contributed by atoms with E-state index in [1.165, 1.54) is 0 Å². The van der Waals surface area contributed by atoms with Crippen LogP contribution in [0.2, 0.25) is 0 Å². The van der Waals surface area contributed by atoms with Gasteiger partial charge < -0.3 is 4.90 Å². The highest BCUT2D eigenvalue weighted by Gasteiger charge is 2.19. The molecule has 0 amide bonds. The predicted octanol–water partition coefficient (Wildman–Crippen LogP) is 5.22. The van der Waals surface area contributed by atoms with Gasteiger partial charge in [-0.25, -0.2) is 8.78 Å². The van der Waals surface area contributed by atoms with Crippen LogP contribution in [0, 0.1) is 11.6 Å². The summed E-state index contributed by atoms with van der Waals surface area (Å²) in [7, 11) is 2.15. The van der Waals surface area contributed by atoms with Crippen molar-refractivity contribution in [1.82, 2.24) is 24.6 Å². The first-order valence-corrected chi connectivity index (χ1v) is 10.7. The van der Waals surface area contributed by atoms with E-state index in [0.29, 0.717) is 11.7 Å². The third-order valence-corrected chi connectivity index (χ3v) is 6.03. The second kappa shape index (κ2) is 8.59. The zero-order chi connectivity index (χ0) is 22.1. The van der Waals surface area contributed by atoms with Crippen LogP contribution < -0.4 is 0 Å². The molecule has 32 heavy (non-hydrogen) atoms. The first-order chi connectivity index (χ1) is 15.6. The van der Waals surface area contributed by atoms with E-state index < -0.39 is 11.6 Å². The highest BCUT2D eigenvalue weighted by Crippen LogP contribution is 2.30. The van der Waals surface area contributed by atoms with Crippen molar-refractivity contribution in [3.05, 3.63) is 79.0 Å². The molecule has 3 aromatic heterocycles. The molecule has 0 unspecified atom stereocenters. The highest BCUT2D eigenvalue weighted by atomic mass is 19.1. The van der Waals surface area contributed by atoms with Gasteiger partial charge in [0.2, 0.25) is 0 Å². The molecule has 0 aliphatic carbocycles. The van der Waals surface area contributed by atoms with E-state index in [4.69, 9.17) is 0 Å². The maximum absolute atomic E-state index is 14.2. The zero-order valence-electron chi connectivity index (χ0n) is 17.7. The maximum Gasteiger partial charge on any atom is 0.132 e. The third kappa shape index (κ3) is 4.16. The molecule has 1 aliphatic heterocycles. The molecule has 0 bridgehead atoms. The van der Waals surface area contributed by atoms with Crippen molar-refractivity contribution in [3.63, 3.8) is 0 Å². The van der Waals surface area contributed by atoms with Gasteiger partial charge in [-0.3, -0.25) is 14.6 Å². The number of piperidine rings is 1. The van der Waals surface area contributed by atoms with E-state index in [0.717, 1.165) is 66.4 Å². The number of nitrogens with zero attached hydrogens (tertiary/aromatic N) is 5. The van der Waals surface area contributed by atoms with Crippen LogP contribution in [-0.4, -0.2) is 44.8 Å². The van der Waals surface area contributed by atoms with Crippen LogP contribution in [0.3, 0.4) is 0 Å². The Kier molecular flexibility index (Phi) is 5.49. The van der Waals surface area contributed by atoms with Gasteiger partial charge in [-0.1, -0.05) is 0 Å². The predicted molar refractivity (Wildman–Crippen MR) is 120 cm³/mol. The first kappa shape index (κ1) is 20.5. The molecule has 1 saturated heterocycles. The summed E-state index contributed by atoms with van der Waals surface area (Å²) in [6, 6.07) is 9.41. The molecule has 5 nitrogen and oxygen atoms in total. The third-order valence-electron chi connectivity index (χ3n) is 6.03. The van der Waals surface area contributed by atoms with Gasteiger partial charge in [0.15, 0.2) is 0 Å². The molecule has 0 N–H and O–H groups in total. The summed E-state index contributed by atoms with van der Waals surface area (Å²) in [5.41, 5.74) is 4.17. The lowest BCUT2D eigenvalue weighted by atomic mass is 10.0. The number of likely N-dealkylation sites (tertiary alicyclic amines) is 1. The van der Waals surface area contributed by atoms with E-state index in [1.54, 1.807) is 18.5 Å². The average Bonchev–Trinajstić information content (AvgIpc) is 3.32. The van der Waals surface area contributed by atoms with Gasteiger partial charge in [0.1, 0.15) is 11.6 Å². The van der Waals surface area contributed by atoms with E-state index in [1.807, 2.05) is 24.5 Å². The quantitative estimate of drug-likeness (QED) is 0.445. The Morgan fingerprint density at radius 2 is 1.66 bits per heavy atom. The molecular formula is C25H23F2N5. The van der Waals surface area contributed by atoms with Gasteiger partial charge in [-0.15, -0.1) is 0 Å². The van der Waals surface area contributed by atoms with Crippen molar-refractivity contribution < 1.29 is 8.78 Å². The van der Waals surface area contributed by atoms with Crippen molar-refractivity contribution in [1.29, 1.82) is 0 Å². The smallest absolute Gasteiger partial charge is 0.132 e. The van der Waals surface area contributed by atoms with Crippen LogP contribution in [0.15, 0.2) is 67.4 Å². The number of hydrogen-bond donors (Lipinski definition) is 0. The van der Waals surface area contributed by atoms with Gasteiger partial charge in [0.05, 0.1) is 17.9 Å². The van der Waals surface area contributed by atoms with E-state index >= 15 is 0 Å². The fourth-order valence-corrected chi connectivity index (χ4v) is 4.15. The molecule has 0 spiro atoms. The van der Waals surface area contributed by atoms with Gasteiger partial charge in [0.25, 0.3) is 0 Å². The van der Waals surface area contributed by atoms with E-state index in [2.05, 4.69) is 37.9 Å². The lowest BCUT2D eigenvalue weighted by molar-refractivity contribution is 0.212. The molecule has 1 fully saturated rings. The number of aromatic nitrogens is 4. The molecule has 0 saturated carbocycles. The van der Waals surface area contributed by atoms with Crippen LogP contribution in [0.5, 0.6) is 0 Å². The fraction of sp³-hybridized carbons (Fsp3) is 0.240. The number of hydrogen-bond acceptors (Lipinski definition) is 4. The first-order valence-electron chi connectivity index (χ1n) is 10.7. The summed E-state index contributed by atoms with van der Waals surface area (Å²) >= 11 is 0. The van der Waals surface area contributed by atoms with E-state index in [9.17, 15) is 8.78 Å². The normalized spacial score (nSPS) is 15.2. The fourth-order valence-electron chi connectivity index (χ4n) is 4.15. The van der Waals surface area contributed by atoms with Gasteiger partial charge in [0, 0.05) is 47.0 Å². The molecule has 162 valence electrons. The Bertz CT molecular complexity index is 1240. The second-order valence-corrected chi connectivity index (χ2v) is 8.26. The Labute approximate surface area is 185 Å². The van der Waals surface area contributed by atoms with Crippen LogP contribution in [0.1, 0.15) is 18.9 Å². The Morgan fingerprint density at radius 3 is 2.47 bits per heavy atom. The molecule has 0 atom stereocenters. The lowest BCUT2D eigenvalue weighted by Crippen LogP contribution is -2.31. The maximum atomic E-state index is 14.2. The largest absolute Gasteiger partial charge is 0.306 e. The Hall–Kier alpha value is -3.45. The second-order valence-electron chi connectivity index (χ2n) is 8.26. The summed E-state index contributed by atoms with van der Waals surface area (Å²) in [6.45, 7) is 2.15. The molecule has 0 radical (unpaired) electrons. The van der Waals surface area contributed by atoms with Crippen molar-refractivity contribution >= 4 is 0 Å². The molecule has 7 heteroatoms. The molecule has 1 aromatic carbocycles. The van der Waals surface area contributed by atoms with Crippen LogP contribution >= 0.6 is 0 Å². The summed E-state index contributed by atoms with van der Waals surface area (Å²) in [4.78, 5) is 11.0. The summed E-state index contributed by atoms with van der Waals surface area (Å²) in [6.07, 6.45) is 11.3. The Balaban J connectivity index is 1.43. The SMILES string of the molecule is CN1CCC(n2cc(-c3cncc(-c4ccnc(-c5cc(F)ccc5F)c4)c3)cn2)CC1.